The summed E-state index contributed by atoms with van der Waals surface area (Å²) in [5.41, 5.74) is 6.11. The van der Waals surface area contributed by atoms with Crippen molar-refractivity contribution in [1.82, 2.24) is 9.80 Å². The largest absolute Gasteiger partial charge is 0.329 e. The lowest BCUT2D eigenvalue weighted by Gasteiger charge is -2.51. The molecule has 0 aromatic heterocycles. The summed E-state index contributed by atoms with van der Waals surface area (Å²) in [6.07, 6.45) is 1.21. The monoisotopic (exact) mass is 199 g/mol. The Kier molecular flexibility index (Phi) is 3.93. The number of hydrogen-bond donors (Lipinski definition) is 1. The van der Waals surface area contributed by atoms with Crippen LogP contribution in [-0.4, -0.2) is 54.6 Å². The lowest BCUT2D eigenvalue weighted by atomic mass is 9.94. The Morgan fingerprint density at radius 2 is 2.07 bits per heavy atom. The van der Waals surface area contributed by atoms with Gasteiger partial charge in [0.1, 0.15) is 0 Å². The molecule has 3 heteroatoms. The maximum atomic E-state index is 5.84. The molecule has 0 aromatic rings. The predicted molar refractivity (Wildman–Crippen MR) is 61.4 cm³/mol. The van der Waals surface area contributed by atoms with Crippen LogP contribution in [-0.2, 0) is 0 Å². The van der Waals surface area contributed by atoms with Crippen LogP contribution in [0.15, 0.2) is 0 Å². The van der Waals surface area contributed by atoms with Crippen molar-refractivity contribution >= 4 is 0 Å². The fourth-order valence-corrected chi connectivity index (χ4v) is 2.70. The Bertz CT molecular complexity index is 179. The van der Waals surface area contributed by atoms with Gasteiger partial charge >= 0.3 is 0 Å². The zero-order chi connectivity index (χ0) is 10.8. The molecule has 0 spiro atoms. The lowest BCUT2D eigenvalue weighted by molar-refractivity contribution is -0.0120. The Morgan fingerprint density at radius 1 is 1.43 bits per heavy atom. The van der Waals surface area contributed by atoms with Crippen LogP contribution in [0.5, 0.6) is 0 Å². The maximum absolute atomic E-state index is 5.84. The van der Waals surface area contributed by atoms with E-state index in [1.54, 1.807) is 0 Å². The van der Waals surface area contributed by atoms with Crippen molar-refractivity contribution in [2.24, 2.45) is 5.73 Å². The fraction of sp³-hybridized carbons (Fsp3) is 1.00. The Morgan fingerprint density at radius 3 is 2.57 bits per heavy atom. The van der Waals surface area contributed by atoms with Crippen molar-refractivity contribution in [2.45, 2.75) is 38.8 Å². The minimum absolute atomic E-state index is 0.271. The van der Waals surface area contributed by atoms with Gasteiger partial charge in [-0.15, -0.1) is 0 Å². The molecule has 84 valence electrons. The van der Waals surface area contributed by atoms with Gasteiger partial charge in [-0.2, -0.15) is 0 Å². The maximum Gasteiger partial charge on any atom is 0.0351 e. The first-order valence-electron chi connectivity index (χ1n) is 5.66. The van der Waals surface area contributed by atoms with E-state index in [1.807, 2.05) is 0 Å². The highest BCUT2D eigenvalue weighted by molar-refractivity contribution is 4.94. The molecule has 1 fully saturated rings. The predicted octanol–water partition coefficient (Wildman–Crippen LogP) is 0.750. The highest BCUT2D eigenvalue weighted by atomic mass is 15.3. The van der Waals surface area contributed by atoms with Gasteiger partial charge in [0, 0.05) is 31.2 Å². The summed E-state index contributed by atoms with van der Waals surface area (Å²) in [5.74, 6) is 0. The average molecular weight is 199 g/mol. The number of hydrogen-bond acceptors (Lipinski definition) is 3. The third kappa shape index (κ3) is 2.47. The van der Waals surface area contributed by atoms with Gasteiger partial charge in [-0.1, -0.05) is 6.92 Å². The summed E-state index contributed by atoms with van der Waals surface area (Å²) < 4.78 is 0. The van der Waals surface area contributed by atoms with Crippen LogP contribution in [0, 0.1) is 0 Å². The number of rotatable bonds is 3. The third-order valence-corrected chi connectivity index (χ3v) is 3.13. The number of nitrogens with two attached hydrogens (primary N) is 1. The second kappa shape index (κ2) is 4.60. The van der Waals surface area contributed by atoms with Crippen LogP contribution in [0.3, 0.4) is 0 Å². The SMILES string of the molecule is CCCN1C(CN)CN(C)CC1(C)C. The molecule has 0 radical (unpaired) electrons. The Balaban J connectivity index is 2.73. The highest BCUT2D eigenvalue weighted by Crippen LogP contribution is 2.24. The van der Waals surface area contributed by atoms with Crippen molar-refractivity contribution in [2.75, 3.05) is 33.2 Å². The van der Waals surface area contributed by atoms with Crippen LogP contribution in [0.4, 0.5) is 0 Å². The molecule has 0 amide bonds. The third-order valence-electron chi connectivity index (χ3n) is 3.13. The van der Waals surface area contributed by atoms with Gasteiger partial charge in [0.15, 0.2) is 0 Å². The Labute approximate surface area is 88.2 Å². The molecule has 3 nitrogen and oxygen atoms in total. The lowest BCUT2D eigenvalue weighted by Crippen LogP contribution is -2.64. The summed E-state index contributed by atoms with van der Waals surface area (Å²) in [4.78, 5) is 4.97. The summed E-state index contributed by atoms with van der Waals surface area (Å²) in [7, 11) is 2.19. The summed E-state index contributed by atoms with van der Waals surface area (Å²) in [5, 5.41) is 0. The molecule has 2 N–H and O–H groups in total. The van der Waals surface area contributed by atoms with Gasteiger partial charge in [0.2, 0.25) is 0 Å². The molecule has 1 saturated heterocycles. The normalized spacial score (nSPS) is 29.4. The zero-order valence-corrected chi connectivity index (χ0v) is 10.1. The van der Waals surface area contributed by atoms with Crippen molar-refractivity contribution in [3.05, 3.63) is 0 Å². The van der Waals surface area contributed by atoms with Crippen molar-refractivity contribution in [3.8, 4) is 0 Å². The molecule has 14 heavy (non-hydrogen) atoms. The molecule has 0 bridgehead atoms. The molecule has 0 aromatic carbocycles. The van der Waals surface area contributed by atoms with Gasteiger partial charge < -0.3 is 10.6 Å². The second-order valence-electron chi connectivity index (χ2n) is 5.09. The number of piperazine rings is 1. The quantitative estimate of drug-likeness (QED) is 0.728. The van der Waals surface area contributed by atoms with E-state index < -0.39 is 0 Å². The second-order valence-corrected chi connectivity index (χ2v) is 5.09. The topological polar surface area (TPSA) is 32.5 Å². The van der Waals surface area contributed by atoms with E-state index in [2.05, 4.69) is 37.6 Å². The summed E-state index contributed by atoms with van der Waals surface area (Å²) >= 11 is 0. The van der Waals surface area contributed by atoms with Gasteiger partial charge in [-0.3, -0.25) is 4.90 Å². The first kappa shape index (κ1) is 12.0. The highest BCUT2D eigenvalue weighted by Gasteiger charge is 2.37. The molecule has 1 rings (SSSR count). The van der Waals surface area contributed by atoms with Crippen LogP contribution in [0.1, 0.15) is 27.2 Å². The van der Waals surface area contributed by atoms with E-state index >= 15 is 0 Å². The van der Waals surface area contributed by atoms with Gasteiger partial charge in [-0.05, 0) is 33.9 Å². The van der Waals surface area contributed by atoms with E-state index in [-0.39, 0.29) is 5.54 Å². The van der Waals surface area contributed by atoms with Crippen LogP contribution >= 0.6 is 0 Å². The number of nitrogens with zero attached hydrogens (tertiary/aromatic N) is 2. The fourth-order valence-electron chi connectivity index (χ4n) is 2.70. The van der Waals surface area contributed by atoms with Gasteiger partial charge in [0.25, 0.3) is 0 Å². The molecule has 0 saturated carbocycles. The molecular weight excluding hydrogens is 174 g/mol. The smallest absolute Gasteiger partial charge is 0.0351 e. The van der Waals surface area contributed by atoms with E-state index in [1.165, 1.54) is 13.0 Å². The molecule has 1 unspecified atom stereocenters. The van der Waals surface area contributed by atoms with Crippen LogP contribution < -0.4 is 5.73 Å². The Hall–Kier alpha value is -0.120. The molecule has 1 aliphatic rings. The minimum atomic E-state index is 0.271. The minimum Gasteiger partial charge on any atom is -0.329 e. The van der Waals surface area contributed by atoms with E-state index in [0.29, 0.717) is 6.04 Å². The average Bonchev–Trinajstić information content (AvgIpc) is 2.08. The van der Waals surface area contributed by atoms with Crippen molar-refractivity contribution in [1.29, 1.82) is 0 Å². The van der Waals surface area contributed by atoms with Crippen LogP contribution in [0.2, 0.25) is 0 Å². The van der Waals surface area contributed by atoms with Crippen molar-refractivity contribution in [3.63, 3.8) is 0 Å². The zero-order valence-electron chi connectivity index (χ0n) is 10.1. The summed E-state index contributed by atoms with van der Waals surface area (Å²) in [6, 6.07) is 0.531. The van der Waals surface area contributed by atoms with E-state index in [4.69, 9.17) is 5.73 Å². The molecule has 1 atom stereocenters. The molecule has 0 aliphatic carbocycles. The van der Waals surface area contributed by atoms with Gasteiger partial charge in [-0.25, -0.2) is 0 Å². The first-order valence-corrected chi connectivity index (χ1v) is 5.66. The first-order chi connectivity index (χ1) is 6.51. The van der Waals surface area contributed by atoms with Crippen LogP contribution in [0.25, 0.3) is 0 Å². The summed E-state index contributed by atoms with van der Waals surface area (Å²) in [6.45, 7) is 11.1. The molecule has 1 aliphatic heterocycles. The van der Waals surface area contributed by atoms with Gasteiger partial charge in [0.05, 0.1) is 0 Å². The van der Waals surface area contributed by atoms with Crippen molar-refractivity contribution < 1.29 is 0 Å². The van der Waals surface area contributed by atoms with E-state index in [0.717, 1.165) is 19.6 Å². The molecular formula is C11H25N3. The standard InChI is InChI=1S/C11H25N3/c1-5-6-14-10(7-12)8-13(4)9-11(14,2)3/h10H,5-9,12H2,1-4H3. The molecule has 1 heterocycles. The number of likely N-dealkylation sites (N-methyl/N-ethyl adjacent to an activating group) is 1. The van der Waals surface area contributed by atoms with E-state index in [9.17, 15) is 0 Å².